The molecule has 33 heavy (non-hydrogen) atoms. The van der Waals surface area contributed by atoms with Gasteiger partial charge in [0.1, 0.15) is 0 Å². The molecule has 0 amide bonds. The first-order valence-electron chi connectivity index (χ1n) is 10.2. The number of benzene rings is 3. The van der Waals surface area contributed by atoms with Crippen molar-refractivity contribution in [3.05, 3.63) is 83.5 Å². The lowest BCUT2D eigenvalue weighted by molar-refractivity contribution is 0.0970. The van der Waals surface area contributed by atoms with Crippen molar-refractivity contribution >= 4 is 33.8 Å². The fourth-order valence-electron chi connectivity index (χ4n) is 3.86. The van der Waals surface area contributed by atoms with Crippen LogP contribution in [0.5, 0.6) is 17.2 Å². The van der Waals surface area contributed by atoms with E-state index in [4.69, 9.17) is 19.6 Å². The highest BCUT2D eigenvalue weighted by molar-refractivity contribution is 8.93. The molecule has 7 nitrogen and oxygen atoms in total. The molecular weight excluding hydrogens is 486 g/mol. The number of carbonyl (C=O) groups excluding carboxylic acids is 1. The van der Waals surface area contributed by atoms with Crippen LogP contribution in [-0.4, -0.2) is 36.2 Å². The van der Waals surface area contributed by atoms with Gasteiger partial charge < -0.3 is 23.3 Å². The first-order chi connectivity index (χ1) is 15.6. The summed E-state index contributed by atoms with van der Waals surface area (Å²) in [4.78, 5) is 13.2. The standard InChI is InChI=1S/C25H25N3O4.BrH/c1-30-22-13-18(14-23(31-2)24(22)32-3)21(29)16-28-20-12-8-7-11-19(20)27(25(28)26)15-17-9-5-4-6-10-17;/h4-14,26H,15-16H2,1-3H3;1H. The average Bonchev–Trinajstić information content (AvgIpc) is 3.09. The van der Waals surface area contributed by atoms with E-state index in [0.29, 0.717) is 29.4 Å². The van der Waals surface area contributed by atoms with Crippen molar-refractivity contribution in [2.24, 2.45) is 0 Å². The third kappa shape index (κ3) is 4.66. The van der Waals surface area contributed by atoms with Gasteiger partial charge in [-0.3, -0.25) is 10.2 Å². The zero-order valence-electron chi connectivity index (χ0n) is 18.7. The zero-order valence-corrected chi connectivity index (χ0v) is 20.4. The third-order valence-corrected chi connectivity index (χ3v) is 5.45. The molecule has 0 radical (unpaired) electrons. The number of carbonyl (C=O) groups is 1. The topological polar surface area (TPSA) is 78.5 Å². The number of methoxy groups -OCH3 is 3. The maximum Gasteiger partial charge on any atom is 0.203 e. The Morgan fingerprint density at radius 2 is 1.36 bits per heavy atom. The largest absolute Gasteiger partial charge is 0.493 e. The van der Waals surface area contributed by atoms with E-state index in [1.54, 1.807) is 16.7 Å². The summed E-state index contributed by atoms with van der Waals surface area (Å²) in [5.74, 6) is 1.10. The number of hydrogen-bond acceptors (Lipinski definition) is 5. The lowest BCUT2D eigenvalue weighted by atomic mass is 10.1. The van der Waals surface area contributed by atoms with E-state index >= 15 is 0 Å². The van der Waals surface area contributed by atoms with Crippen molar-refractivity contribution in [2.45, 2.75) is 13.1 Å². The van der Waals surface area contributed by atoms with Gasteiger partial charge in [-0.1, -0.05) is 42.5 Å². The van der Waals surface area contributed by atoms with Crippen LogP contribution in [0.4, 0.5) is 0 Å². The lowest BCUT2D eigenvalue weighted by Crippen LogP contribution is -2.27. The van der Waals surface area contributed by atoms with Crippen LogP contribution in [0.25, 0.3) is 11.0 Å². The second kappa shape index (κ2) is 10.4. The summed E-state index contributed by atoms with van der Waals surface area (Å²) >= 11 is 0. The van der Waals surface area contributed by atoms with Crippen molar-refractivity contribution in [3.63, 3.8) is 0 Å². The second-order valence-electron chi connectivity index (χ2n) is 7.31. The Kier molecular flexibility index (Phi) is 7.60. The number of fused-ring (bicyclic) bond motifs is 1. The number of halogens is 1. The highest BCUT2D eigenvalue weighted by atomic mass is 79.9. The predicted molar refractivity (Wildman–Crippen MR) is 132 cm³/mol. The molecule has 0 unspecified atom stereocenters. The third-order valence-electron chi connectivity index (χ3n) is 5.45. The Balaban J connectivity index is 0.00000306. The minimum Gasteiger partial charge on any atom is -0.493 e. The number of ether oxygens (including phenoxy) is 3. The van der Waals surface area contributed by atoms with Crippen molar-refractivity contribution in [1.29, 1.82) is 5.41 Å². The van der Waals surface area contributed by atoms with Crippen LogP contribution >= 0.6 is 17.0 Å². The van der Waals surface area contributed by atoms with Crippen molar-refractivity contribution in [2.75, 3.05) is 21.3 Å². The van der Waals surface area contributed by atoms with Crippen LogP contribution in [0.1, 0.15) is 15.9 Å². The van der Waals surface area contributed by atoms with Crippen LogP contribution in [0, 0.1) is 5.41 Å². The number of para-hydroxylation sites is 2. The predicted octanol–water partition coefficient (Wildman–Crippen LogP) is 4.46. The van der Waals surface area contributed by atoms with E-state index in [0.717, 1.165) is 16.6 Å². The molecule has 1 aromatic heterocycles. The fraction of sp³-hybridized carbons (Fsp3) is 0.200. The number of nitrogens with zero attached hydrogens (tertiary/aromatic N) is 2. The number of hydrogen-bond donors (Lipinski definition) is 1. The normalized spacial score (nSPS) is 10.5. The van der Waals surface area contributed by atoms with Crippen LogP contribution in [0.3, 0.4) is 0 Å². The maximum absolute atomic E-state index is 13.2. The molecule has 0 aliphatic carbocycles. The van der Waals surface area contributed by atoms with Gasteiger partial charge >= 0.3 is 0 Å². The van der Waals surface area contributed by atoms with Gasteiger partial charge in [-0.05, 0) is 29.8 Å². The van der Waals surface area contributed by atoms with Gasteiger partial charge in [0, 0.05) is 5.56 Å². The summed E-state index contributed by atoms with van der Waals surface area (Å²) in [5.41, 5.74) is 3.50. The minimum atomic E-state index is -0.162. The molecule has 4 aromatic rings. The number of ketones is 1. The highest BCUT2D eigenvalue weighted by Crippen LogP contribution is 2.38. The molecule has 3 aromatic carbocycles. The Morgan fingerprint density at radius 3 is 1.91 bits per heavy atom. The smallest absolute Gasteiger partial charge is 0.203 e. The number of rotatable bonds is 8. The first kappa shape index (κ1) is 24.1. The molecule has 0 fully saturated rings. The van der Waals surface area contributed by atoms with E-state index in [1.807, 2.05) is 59.2 Å². The second-order valence-corrected chi connectivity index (χ2v) is 7.31. The van der Waals surface area contributed by atoms with Gasteiger partial charge in [0.05, 0.1) is 45.5 Å². The van der Waals surface area contributed by atoms with Gasteiger partial charge in [0.15, 0.2) is 17.3 Å². The van der Waals surface area contributed by atoms with Crippen LogP contribution < -0.4 is 19.8 Å². The van der Waals surface area contributed by atoms with Crippen molar-refractivity contribution < 1.29 is 19.0 Å². The Hall–Kier alpha value is -3.52. The van der Waals surface area contributed by atoms with E-state index in [9.17, 15) is 4.79 Å². The summed E-state index contributed by atoms with van der Waals surface area (Å²) in [6.07, 6.45) is 0. The number of Topliss-reactive ketones (excluding diaryl/α,β-unsaturated/α-hetero) is 1. The highest BCUT2D eigenvalue weighted by Gasteiger charge is 2.19. The molecular formula is C25H26BrN3O4. The summed E-state index contributed by atoms with van der Waals surface area (Å²) in [6.45, 7) is 0.561. The Morgan fingerprint density at radius 1 is 0.818 bits per heavy atom. The van der Waals surface area contributed by atoms with Crippen LogP contribution in [0.15, 0.2) is 66.7 Å². The molecule has 0 spiro atoms. The Bertz CT molecular complexity index is 1300. The van der Waals surface area contributed by atoms with E-state index in [1.165, 1.54) is 21.3 Å². The summed E-state index contributed by atoms with van der Waals surface area (Å²) in [5, 5.41) is 8.81. The van der Waals surface area contributed by atoms with Gasteiger partial charge in [-0.25, -0.2) is 0 Å². The van der Waals surface area contributed by atoms with Gasteiger partial charge in [-0.15, -0.1) is 17.0 Å². The minimum absolute atomic E-state index is 0. The molecule has 0 saturated carbocycles. The molecule has 8 heteroatoms. The van der Waals surface area contributed by atoms with Crippen molar-refractivity contribution in [1.82, 2.24) is 9.13 Å². The number of imidazole rings is 1. The maximum atomic E-state index is 13.2. The number of aromatic nitrogens is 2. The molecule has 0 bridgehead atoms. The van der Waals surface area contributed by atoms with Crippen molar-refractivity contribution in [3.8, 4) is 17.2 Å². The molecule has 0 aliphatic rings. The molecule has 4 rings (SSSR count). The lowest BCUT2D eigenvalue weighted by Gasteiger charge is -2.14. The van der Waals surface area contributed by atoms with E-state index in [-0.39, 0.29) is 34.9 Å². The van der Waals surface area contributed by atoms with Gasteiger partial charge in [0.2, 0.25) is 11.4 Å². The Labute approximate surface area is 202 Å². The van der Waals surface area contributed by atoms with Crippen LogP contribution in [-0.2, 0) is 13.1 Å². The molecule has 0 saturated heterocycles. The molecule has 0 aliphatic heterocycles. The molecule has 1 N–H and O–H groups in total. The fourth-order valence-corrected chi connectivity index (χ4v) is 3.86. The average molecular weight is 512 g/mol. The van der Waals surface area contributed by atoms with E-state index < -0.39 is 0 Å². The quantitative estimate of drug-likeness (QED) is 0.354. The molecule has 1 heterocycles. The molecule has 172 valence electrons. The summed E-state index contributed by atoms with van der Waals surface area (Å²) in [7, 11) is 4.55. The van der Waals surface area contributed by atoms with E-state index in [2.05, 4.69) is 0 Å². The SMILES string of the molecule is Br.COc1cc(C(=O)Cn2c(=N)n(Cc3ccccc3)c3ccccc32)cc(OC)c1OC. The first-order valence-corrected chi connectivity index (χ1v) is 10.2. The monoisotopic (exact) mass is 511 g/mol. The van der Waals surface area contributed by atoms with Gasteiger partial charge in [-0.2, -0.15) is 0 Å². The summed E-state index contributed by atoms with van der Waals surface area (Å²) in [6, 6.07) is 21.0. The zero-order chi connectivity index (χ0) is 22.7. The van der Waals surface area contributed by atoms with Crippen LogP contribution in [0.2, 0.25) is 0 Å². The van der Waals surface area contributed by atoms with Gasteiger partial charge in [0.25, 0.3) is 0 Å². The molecule has 0 atom stereocenters. The number of nitrogens with one attached hydrogen (secondary N) is 1. The summed E-state index contributed by atoms with van der Waals surface area (Å²) < 4.78 is 19.7.